The third-order valence-electron chi connectivity index (χ3n) is 7.77. The Kier molecular flexibility index (Phi) is 7.66. The minimum Gasteiger partial charge on any atom is -1.00 e. The molecule has 37 heavy (non-hydrogen) atoms. The standard InChI is InChI=1S/C29H29ClN3O2S.ClH/c30-24-12-7-13-25(18-24)36-26-19-33(16-14-21(26)15-17-33)20-27-31-28(32-35-27)29(34,22-8-3-1-4-9-22)23-10-5-2-6-11-23;/h1-13,18,21,26,34H,14-17,19-20H2;1H/q+1;/p-1/t21?,26-,33?;/m0./s1. The molecule has 0 radical (unpaired) electrons. The third kappa shape index (κ3) is 5.18. The molecule has 4 aromatic rings. The normalized spacial score (nSPS) is 23.0. The van der Waals surface area contributed by atoms with Crippen LogP contribution in [0.1, 0.15) is 35.7 Å². The van der Waals surface area contributed by atoms with Crippen molar-refractivity contribution in [2.45, 2.75) is 35.1 Å². The van der Waals surface area contributed by atoms with Crippen LogP contribution < -0.4 is 12.4 Å². The molecule has 1 N–H and O–H groups in total. The van der Waals surface area contributed by atoms with E-state index in [1.54, 1.807) is 0 Å². The summed E-state index contributed by atoms with van der Waals surface area (Å²) in [6, 6.07) is 27.3. The second-order valence-corrected chi connectivity index (χ2v) is 11.8. The van der Waals surface area contributed by atoms with E-state index >= 15 is 0 Å². The molecule has 1 aromatic heterocycles. The van der Waals surface area contributed by atoms with Gasteiger partial charge in [-0.15, -0.1) is 11.8 Å². The molecule has 4 heterocycles. The van der Waals surface area contributed by atoms with E-state index in [1.165, 1.54) is 17.7 Å². The SMILES string of the molecule is OC(c1ccccc1)(c1ccccc1)c1noc(C[N+]23CCC(CC2)[C@@H](Sc2cccc(Cl)c2)C3)n1.[Cl-]. The van der Waals surface area contributed by atoms with Gasteiger partial charge >= 0.3 is 0 Å². The summed E-state index contributed by atoms with van der Waals surface area (Å²) in [6.07, 6.45) is 2.41. The number of aromatic nitrogens is 2. The van der Waals surface area contributed by atoms with E-state index in [-0.39, 0.29) is 18.2 Å². The highest BCUT2D eigenvalue weighted by Gasteiger charge is 2.47. The Labute approximate surface area is 232 Å². The number of piperidine rings is 3. The molecule has 0 spiro atoms. The predicted octanol–water partition coefficient (Wildman–Crippen LogP) is 2.91. The number of benzene rings is 3. The highest BCUT2D eigenvalue weighted by atomic mass is 35.5. The van der Waals surface area contributed by atoms with Crippen molar-refractivity contribution in [3.63, 3.8) is 0 Å². The lowest BCUT2D eigenvalue weighted by molar-refractivity contribution is -0.955. The minimum atomic E-state index is -1.48. The van der Waals surface area contributed by atoms with E-state index in [9.17, 15) is 5.11 Å². The number of quaternary nitrogens is 1. The lowest BCUT2D eigenvalue weighted by Gasteiger charge is -2.51. The summed E-state index contributed by atoms with van der Waals surface area (Å²) in [5, 5.41) is 17.6. The molecule has 3 fully saturated rings. The highest BCUT2D eigenvalue weighted by molar-refractivity contribution is 8.00. The first-order valence-electron chi connectivity index (χ1n) is 12.5. The van der Waals surface area contributed by atoms with Crippen molar-refractivity contribution in [1.82, 2.24) is 10.1 Å². The average molecular weight is 555 g/mol. The van der Waals surface area contributed by atoms with Crippen LogP contribution in [0.15, 0.2) is 94.3 Å². The Balaban J connectivity index is 0.00000280. The Hall–Kier alpha value is -2.35. The number of fused-ring (bicyclic) bond motifs is 3. The summed E-state index contributed by atoms with van der Waals surface area (Å²) >= 11 is 8.19. The zero-order valence-electron chi connectivity index (χ0n) is 20.3. The maximum Gasteiger partial charge on any atom is 0.282 e. The van der Waals surface area contributed by atoms with Gasteiger partial charge in [0.25, 0.3) is 5.89 Å². The summed E-state index contributed by atoms with van der Waals surface area (Å²) in [4.78, 5) is 6.02. The van der Waals surface area contributed by atoms with E-state index < -0.39 is 5.60 Å². The van der Waals surface area contributed by atoms with E-state index in [0.29, 0.717) is 28.8 Å². The fourth-order valence-corrected chi connectivity index (χ4v) is 7.64. The molecule has 7 rings (SSSR count). The molecule has 5 nitrogen and oxygen atoms in total. The topological polar surface area (TPSA) is 59.2 Å². The first-order valence-corrected chi connectivity index (χ1v) is 13.7. The Morgan fingerprint density at radius 2 is 1.59 bits per heavy atom. The molecule has 1 atom stereocenters. The van der Waals surface area contributed by atoms with Gasteiger partial charge in [-0.05, 0) is 35.2 Å². The average Bonchev–Trinajstić information content (AvgIpc) is 3.38. The van der Waals surface area contributed by atoms with E-state index in [4.69, 9.17) is 21.1 Å². The second kappa shape index (κ2) is 10.8. The van der Waals surface area contributed by atoms with Crippen LogP contribution in [0.4, 0.5) is 0 Å². The molecule has 8 heteroatoms. The Morgan fingerprint density at radius 3 is 2.22 bits per heavy atom. The van der Waals surface area contributed by atoms with Gasteiger partial charge in [0.1, 0.15) is 0 Å². The van der Waals surface area contributed by atoms with E-state index in [1.807, 2.05) is 84.6 Å². The first kappa shape index (κ1) is 26.3. The molecule has 0 aliphatic carbocycles. The van der Waals surface area contributed by atoms with Gasteiger partial charge in [-0.2, -0.15) is 4.98 Å². The fourth-order valence-electron chi connectivity index (χ4n) is 5.83. The molecule has 3 saturated heterocycles. The van der Waals surface area contributed by atoms with Gasteiger partial charge in [0.15, 0.2) is 12.1 Å². The second-order valence-electron chi connectivity index (χ2n) is 10.0. The van der Waals surface area contributed by atoms with Crippen LogP contribution in [0.5, 0.6) is 0 Å². The van der Waals surface area contributed by atoms with Crippen molar-refractivity contribution in [2.24, 2.45) is 5.92 Å². The third-order valence-corrected chi connectivity index (χ3v) is 9.37. The molecule has 3 aliphatic heterocycles. The molecular formula is C29H29Cl2N3O2S. The van der Waals surface area contributed by atoms with Crippen molar-refractivity contribution in [3.05, 3.63) is 113 Å². The largest absolute Gasteiger partial charge is 1.00 e. The number of thioether (sulfide) groups is 1. The van der Waals surface area contributed by atoms with Crippen LogP contribution in [0.2, 0.25) is 5.02 Å². The van der Waals surface area contributed by atoms with E-state index in [2.05, 4.69) is 17.3 Å². The van der Waals surface area contributed by atoms with Gasteiger partial charge in [0.05, 0.1) is 24.9 Å². The lowest BCUT2D eigenvalue weighted by Crippen LogP contribution is -3.00. The maximum absolute atomic E-state index is 12.0. The van der Waals surface area contributed by atoms with Crippen LogP contribution >= 0.6 is 23.4 Å². The van der Waals surface area contributed by atoms with Gasteiger partial charge in [0, 0.05) is 22.8 Å². The van der Waals surface area contributed by atoms with Gasteiger partial charge < -0.3 is 26.5 Å². The number of nitrogens with zero attached hydrogens (tertiary/aromatic N) is 3. The quantitative estimate of drug-likeness (QED) is 0.356. The molecular weight excluding hydrogens is 525 g/mol. The first-order chi connectivity index (χ1) is 17.5. The van der Waals surface area contributed by atoms with Crippen molar-refractivity contribution in [1.29, 1.82) is 0 Å². The lowest BCUT2D eigenvalue weighted by atomic mass is 9.85. The molecule has 0 unspecified atom stereocenters. The van der Waals surface area contributed by atoms with Crippen LogP contribution in [0.25, 0.3) is 0 Å². The molecule has 0 amide bonds. The zero-order valence-corrected chi connectivity index (χ0v) is 22.7. The Bertz CT molecular complexity index is 1290. The van der Waals surface area contributed by atoms with Crippen LogP contribution in [0, 0.1) is 5.92 Å². The summed E-state index contributed by atoms with van der Waals surface area (Å²) in [5.41, 5.74) is -0.0517. The fraction of sp³-hybridized carbons (Fsp3) is 0.310. The summed E-state index contributed by atoms with van der Waals surface area (Å²) < 4.78 is 6.76. The maximum atomic E-state index is 12.0. The van der Waals surface area contributed by atoms with Gasteiger partial charge in [-0.3, -0.25) is 0 Å². The Morgan fingerprint density at radius 1 is 0.946 bits per heavy atom. The molecule has 0 saturated carbocycles. The van der Waals surface area contributed by atoms with Crippen molar-refractivity contribution in [2.75, 3.05) is 19.6 Å². The van der Waals surface area contributed by atoms with E-state index in [0.717, 1.165) is 35.1 Å². The number of rotatable bonds is 7. The molecule has 3 aliphatic rings. The van der Waals surface area contributed by atoms with Gasteiger partial charge in [-0.1, -0.05) is 83.5 Å². The van der Waals surface area contributed by atoms with Crippen LogP contribution in [0.3, 0.4) is 0 Å². The zero-order chi connectivity index (χ0) is 24.6. The number of halogens is 2. The van der Waals surface area contributed by atoms with Crippen LogP contribution in [-0.2, 0) is 12.1 Å². The highest BCUT2D eigenvalue weighted by Crippen LogP contribution is 2.43. The number of hydrogen-bond acceptors (Lipinski definition) is 5. The molecule has 3 aromatic carbocycles. The molecule has 192 valence electrons. The van der Waals surface area contributed by atoms with Crippen molar-refractivity contribution < 1.29 is 26.5 Å². The predicted molar refractivity (Wildman–Crippen MR) is 142 cm³/mol. The van der Waals surface area contributed by atoms with Gasteiger partial charge in [-0.25, -0.2) is 0 Å². The number of aliphatic hydroxyl groups is 1. The van der Waals surface area contributed by atoms with Crippen molar-refractivity contribution in [3.8, 4) is 0 Å². The summed E-state index contributed by atoms with van der Waals surface area (Å²) in [5.74, 6) is 1.60. The van der Waals surface area contributed by atoms with Gasteiger partial charge in [0.2, 0.25) is 5.82 Å². The number of hydrogen-bond donors (Lipinski definition) is 1. The smallest absolute Gasteiger partial charge is 0.282 e. The monoisotopic (exact) mass is 553 g/mol. The summed E-state index contributed by atoms with van der Waals surface area (Å²) in [7, 11) is 0. The van der Waals surface area contributed by atoms with Crippen molar-refractivity contribution >= 4 is 23.4 Å². The summed E-state index contributed by atoms with van der Waals surface area (Å²) in [6.45, 7) is 4.00. The van der Waals surface area contributed by atoms with Crippen LogP contribution in [-0.4, -0.2) is 44.6 Å². The molecule has 2 bridgehead atoms. The minimum absolute atomic E-state index is 0.